The molecule has 0 aliphatic carbocycles. The molecule has 0 saturated carbocycles. The van der Waals surface area contributed by atoms with Crippen molar-refractivity contribution in [2.75, 3.05) is 13.1 Å². The Morgan fingerprint density at radius 2 is 2.16 bits per heavy atom. The quantitative estimate of drug-likeness (QED) is 0.886. The van der Waals surface area contributed by atoms with Gasteiger partial charge in [-0.2, -0.15) is 0 Å². The number of rotatable bonds is 4. The van der Waals surface area contributed by atoms with Crippen molar-refractivity contribution in [3.63, 3.8) is 0 Å². The lowest BCUT2D eigenvalue weighted by atomic mass is 9.79. The Labute approximate surface area is 154 Å². The van der Waals surface area contributed by atoms with Gasteiger partial charge < -0.3 is 5.32 Å². The van der Waals surface area contributed by atoms with Gasteiger partial charge in [-0.3, -0.25) is 9.69 Å². The van der Waals surface area contributed by atoms with Gasteiger partial charge in [0.25, 0.3) is 5.91 Å². The average Bonchev–Trinajstić information content (AvgIpc) is 3.07. The number of piperidine rings is 3. The fourth-order valence-corrected chi connectivity index (χ4v) is 5.51. The number of fused-ring (bicyclic) bond motifs is 3. The first kappa shape index (κ1) is 16.9. The first-order chi connectivity index (χ1) is 12.1. The maximum Gasteiger partial charge on any atom is 0.282 e. The van der Waals surface area contributed by atoms with Crippen molar-refractivity contribution in [3.05, 3.63) is 35.1 Å². The van der Waals surface area contributed by atoms with Gasteiger partial charge in [-0.15, -0.1) is 10.2 Å². The van der Waals surface area contributed by atoms with Crippen LogP contribution in [-0.2, 0) is 0 Å². The number of hydrogen-bond acceptors (Lipinski definition) is 6. The summed E-state index contributed by atoms with van der Waals surface area (Å²) in [5.41, 5.74) is 0. The number of nitrogens with one attached hydrogen (secondary N) is 1. The molecule has 2 aromatic rings. The summed E-state index contributed by atoms with van der Waals surface area (Å²) in [4.78, 5) is 15.7. The molecule has 8 heteroatoms. The largest absolute Gasteiger partial charge is 0.345 e. The molecule has 132 valence electrons. The molecule has 0 spiro atoms. The van der Waals surface area contributed by atoms with Crippen molar-refractivity contribution in [1.29, 1.82) is 0 Å². The molecule has 0 radical (unpaired) electrons. The maximum absolute atomic E-state index is 13.3. The molecule has 4 heterocycles. The van der Waals surface area contributed by atoms with Crippen LogP contribution in [-0.4, -0.2) is 46.2 Å². The Balaban J connectivity index is 1.42. The first-order valence-electron chi connectivity index (χ1n) is 8.42. The van der Waals surface area contributed by atoms with Crippen molar-refractivity contribution in [3.8, 4) is 0 Å². The number of amides is 1. The highest BCUT2D eigenvalue weighted by Gasteiger charge is 2.40. The van der Waals surface area contributed by atoms with Crippen LogP contribution in [0.25, 0.3) is 0 Å². The number of carbonyl (C=O) groups is 1. The molecule has 3 saturated heterocycles. The standard InChI is InChI=1S/C17H19FN4OS2/c1-10-14(11-5-7-22(10)8-6-11)19-15(23)16-20-21-17(25-16)24-13-4-2-3-12(18)9-13/h2-4,9-11,14H,5-8H2,1H3,(H,19,23)/t10-,14-/m0/s1. The van der Waals surface area contributed by atoms with E-state index in [1.165, 1.54) is 35.2 Å². The lowest BCUT2D eigenvalue weighted by Gasteiger charge is -2.49. The highest BCUT2D eigenvalue weighted by atomic mass is 32.2. The summed E-state index contributed by atoms with van der Waals surface area (Å²) in [6, 6.07) is 6.85. The van der Waals surface area contributed by atoms with Crippen LogP contribution in [0.4, 0.5) is 4.39 Å². The number of benzene rings is 1. The smallest absolute Gasteiger partial charge is 0.282 e. The summed E-state index contributed by atoms with van der Waals surface area (Å²) in [7, 11) is 0. The van der Waals surface area contributed by atoms with Gasteiger partial charge in [0.05, 0.1) is 0 Å². The topological polar surface area (TPSA) is 58.1 Å². The number of halogens is 1. The number of aromatic nitrogens is 2. The zero-order valence-corrected chi connectivity index (χ0v) is 15.4. The van der Waals surface area contributed by atoms with Gasteiger partial charge in [-0.25, -0.2) is 4.39 Å². The monoisotopic (exact) mass is 378 g/mol. The maximum atomic E-state index is 13.3. The van der Waals surface area contributed by atoms with E-state index in [4.69, 9.17) is 0 Å². The summed E-state index contributed by atoms with van der Waals surface area (Å²) < 4.78 is 13.9. The number of nitrogens with zero attached hydrogens (tertiary/aromatic N) is 3. The van der Waals surface area contributed by atoms with Crippen LogP contribution in [0.1, 0.15) is 29.6 Å². The third-order valence-electron chi connectivity index (χ3n) is 5.08. The summed E-state index contributed by atoms with van der Waals surface area (Å²) >= 11 is 2.56. The van der Waals surface area contributed by atoms with Gasteiger partial charge in [0.2, 0.25) is 5.01 Å². The average molecular weight is 378 g/mol. The second kappa shape index (κ2) is 7.01. The van der Waals surface area contributed by atoms with Gasteiger partial charge in [0, 0.05) is 17.0 Å². The molecule has 1 aromatic heterocycles. The van der Waals surface area contributed by atoms with E-state index in [2.05, 4.69) is 27.3 Å². The summed E-state index contributed by atoms with van der Waals surface area (Å²) in [6.45, 7) is 4.44. The predicted octanol–water partition coefficient (Wildman–Crippen LogP) is 3.04. The van der Waals surface area contributed by atoms with Crippen molar-refractivity contribution in [1.82, 2.24) is 20.4 Å². The molecule has 5 nitrogen and oxygen atoms in total. The summed E-state index contributed by atoms with van der Waals surface area (Å²) in [5, 5.41) is 11.6. The van der Waals surface area contributed by atoms with Crippen LogP contribution in [0.3, 0.4) is 0 Å². The molecule has 3 fully saturated rings. The van der Waals surface area contributed by atoms with Gasteiger partial charge in [0.1, 0.15) is 5.82 Å². The normalized spacial score (nSPS) is 28.1. The second-order valence-corrected chi connectivity index (χ2v) is 8.84. The van der Waals surface area contributed by atoms with Gasteiger partial charge >= 0.3 is 0 Å². The fourth-order valence-electron chi connectivity index (χ4n) is 3.73. The van der Waals surface area contributed by atoms with E-state index in [0.29, 0.717) is 21.3 Å². The molecule has 3 aliphatic rings. The van der Waals surface area contributed by atoms with Crippen LogP contribution in [0, 0.1) is 11.7 Å². The van der Waals surface area contributed by atoms with Crippen LogP contribution < -0.4 is 5.32 Å². The molecular weight excluding hydrogens is 359 g/mol. The van der Waals surface area contributed by atoms with E-state index >= 15 is 0 Å². The van der Waals surface area contributed by atoms with Crippen LogP contribution in [0.5, 0.6) is 0 Å². The van der Waals surface area contributed by atoms with E-state index < -0.39 is 0 Å². The van der Waals surface area contributed by atoms with Crippen molar-refractivity contribution in [2.45, 2.75) is 41.1 Å². The van der Waals surface area contributed by atoms with Crippen LogP contribution in [0.2, 0.25) is 0 Å². The Hall–Kier alpha value is -1.51. The Morgan fingerprint density at radius 1 is 1.36 bits per heavy atom. The molecule has 1 amide bonds. The summed E-state index contributed by atoms with van der Waals surface area (Å²) in [5.74, 6) is 0.107. The van der Waals surface area contributed by atoms with E-state index in [0.717, 1.165) is 30.8 Å². The fraction of sp³-hybridized carbons (Fsp3) is 0.471. The molecule has 2 bridgehead atoms. The third kappa shape index (κ3) is 3.56. The van der Waals surface area contributed by atoms with Crippen molar-refractivity contribution >= 4 is 29.0 Å². The molecule has 25 heavy (non-hydrogen) atoms. The number of carbonyl (C=O) groups excluding carboxylic acids is 1. The first-order valence-corrected chi connectivity index (χ1v) is 10.1. The van der Waals surface area contributed by atoms with E-state index in [9.17, 15) is 9.18 Å². The third-order valence-corrected chi connectivity index (χ3v) is 7.04. The SMILES string of the molecule is C[C@H]1[C@H](NC(=O)c2nnc(Sc3cccc(F)c3)s2)C2CCN1CC2. The molecule has 2 atom stereocenters. The molecule has 0 unspecified atom stereocenters. The second-order valence-electron chi connectivity index (χ2n) is 6.55. The predicted molar refractivity (Wildman–Crippen MR) is 95.4 cm³/mol. The van der Waals surface area contributed by atoms with E-state index in [1.807, 2.05) is 6.07 Å². The minimum Gasteiger partial charge on any atom is -0.345 e. The lowest BCUT2D eigenvalue weighted by Crippen LogP contribution is -2.62. The molecule has 3 aliphatic heterocycles. The Bertz CT molecular complexity index is 774. The van der Waals surface area contributed by atoms with Gasteiger partial charge in [-0.1, -0.05) is 29.2 Å². The molecule has 1 aromatic carbocycles. The highest BCUT2D eigenvalue weighted by Crippen LogP contribution is 2.33. The molecule has 5 rings (SSSR count). The van der Waals surface area contributed by atoms with Crippen LogP contribution >= 0.6 is 23.1 Å². The Kier molecular flexibility index (Phi) is 4.75. The highest BCUT2D eigenvalue weighted by molar-refractivity contribution is 8.01. The van der Waals surface area contributed by atoms with Crippen LogP contribution in [0.15, 0.2) is 33.5 Å². The number of hydrogen-bond donors (Lipinski definition) is 1. The summed E-state index contributed by atoms with van der Waals surface area (Å²) in [6.07, 6.45) is 2.29. The zero-order chi connectivity index (χ0) is 17.4. The lowest BCUT2D eigenvalue weighted by molar-refractivity contribution is 0.0217. The Morgan fingerprint density at radius 3 is 2.88 bits per heavy atom. The van der Waals surface area contributed by atoms with Crippen molar-refractivity contribution < 1.29 is 9.18 Å². The van der Waals surface area contributed by atoms with E-state index in [1.54, 1.807) is 6.07 Å². The minimum atomic E-state index is -0.288. The van der Waals surface area contributed by atoms with Gasteiger partial charge in [0.15, 0.2) is 4.34 Å². The van der Waals surface area contributed by atoms with Gasteiger partial charge in [-0.05, 0) is 57.0 Å². The molecular formula is C17H19FN4OS2. The van der Waals surface area contributed by atoms with E-state index in [-0.39, 0.29) is 17.8 Å². The van der Waals surface area contributed by atoms with Crippen molar-refractivity contribution in [2.24, 2.45) is 5.92 Å². The molecule has 1 N–H and O–H groups in total. The minimum absolute atomic E-state index is 0.158. The zero-order valence-electron chi connectivity index (χ0n) is 13.8.